The van der Waals surface area contributed by atoms with Crippen LogP contribution in [0.1, 0.15) is 29.6 Å². The summed E-state index contributed by atoms with van der Waals surface area (Å²) in [5.41, 5.74) is 7.14. The lowest BCUT2D eigenvalue weighted by atomic mass is 10.1. The molecule has 2 N–H and O–H groups in total. The Labute approximate surface area is 95.1 Å². The lowest BCUT2D eigenvalue weighted by Gasteiger charge is -2.08. The molecule has 2 aromatic rings. The maximum Gasteiger partial charge on any atom is 0.108 e. The monoisotopic (exact) mass is 219 g/mol. The van der Waals surface area contributed by atoms with Crippen LogP contribution in [0.2, 0.25) is 0 Å². The van der Waals surface area contributed by atoms with Crippen molar-refractivity contribution >= 4 is 0 Å². The first-order chi connectivity index (χ1) is 7.66. The number of hydrogen-bond acceptors (Lipinski definition) is 3. The van der Waals surface area contributed by atoms with Gasteiger partial charge in [0.15, 0.2) is 0 Å². The summed E-state index contributed by atoms with van der Waals surface area (Å²) in [6, 6.07) is 2.01. The van der Waals surface area contributed by atoms with Gasteiger partial charge in [-0.15, -0.1) is 0 Å². The van der Waals surface area contributed by atoms with Crippen molar-refractivity contribution in [3.05, 3.63) is 41.9 Å². The summed E-state index contributed by atoms with van der Waals surface area (Å²) in [6.07, 6.45) is 7.25. The zero-order valence-corrected chi connectivity index (χ0v) is 9.68. The molecule has 0 amide bonds. The maximum atomic E-state index is 6.08. The smallest absolute Gasteiger partial charge is 0.108 e. The topological polar surface area (TPSA) is 57.0 Å². The highest BCUT2D eigenvalue weighted by molar-refractivity contribution is 5.16. The van der Waals surface area contributed by atoms with Gasteiger partial charge in [-0.3, -0.25) is 0 Å². The van der Waals surface area contributed by atoms with Crippen LogP contribution in [0.15, 0.2) is 29.1 Å². The predicted octanol–water partition coefficient (Wildman–Crippen LogP) is 1.95. The summed E-state index contributed by atoms with van der Waals surface area (Å²) in [6.45, 7) is 1.93. The molecule has 4 nitrogen and oxygen atoms in total. The molecule has 0 aromatic carbocycles. The van der Waals surface area contributed by atoms with E-state index in [1.807, 2.05) is 37.0 Å². The van der Waals surface area contributed by atoms with E-state index in [4.69, 9.17) is 10.2 Å². The minimum absolute atomic E-state index is 0.0224. The van der Waals surface area contributed by atoms with E-state index < -0.39 is 0 Å². The van der Waals surface area contributed by atoms with Gasteiger partial charge in [-0.25, -0.2) is 4.98 Å². The molecule has 4 heteroatoms. The van der Waals surface area contributed by atoms with Crippen LogP contribution < -0.4 is 5.73 Å². The molecule has 16 heavy (non-hydrogen) atoms. The standard InChI is InChI=1S/C12H17N3O/c1-9-7-10(8-16-9)11(13)3-4-12-14-5-6-15(12)2/h5-8,11H,3-4,13H2,1-2H3. The van der Waals surface area contributed by atoms with E-state index in [9.17, 15) is 0 Å². The van der Waals surface area contributed by atoms with Crippen molar-refractivity contribution in [2.24, 2.45) is 12.8 Å². The number of rotatable bonds is 4. The Balaban J connectivity index is 1.93. The highest BCUT2D eigenvalue weighted by atomic mass is 16.3. The van der Waals surface area contributed by atoms with Gasteiger partial charge in [-0.1, -0.05) is 0 Å². The largest absolute Gasteiger partial charge is 0.469 e. The Morgan fingerprint density at radius 2 is 2.38 bits per heavy atom. The van der Waals surface area contributed by atoms with Crippen molar-refractivity contribution in [2.45, 2.75) is 25.8 Å². The molecule has 86 valence electrons. The van der Waals surface area contributed by atoms with E-state index in [1.165, 1.54) is 0 Å². The molecule has 0 saturated carbocycles. The van der Waals surface area contributed by atoms with Gasteiger partial charge in [-0.2, -0.15) is 0 Å². The average molecular weight is 219 g/mol. The van der Waals surface area contributed by atoms with Gasteiger partial charge in [0.25, 0.3) is 0 Å². The summed E-state index contributed by atoms with van der Waals surface area (Å²) in [5.74, 6) is 1.97. The molecule has 0 saturated heterocycles. The van der Waals surface area contributed by atoms with Crippen LogP contribution in [0.5, 0.6) is 0 Å². The number of nitrogens with zero attached hydrogens (tertiary/aromatic N) is 2. The van der Waals surface area contributed by atoms with Crippen molar-refractivity contribution < 1.29 is 4.42 Å². The van der Waals surface area contributed by atoms with E-state index in [1.54, 1.807) is 6.26 Å². The minimum Gasteiger partial charge on any atom is -0.469 e. The molecule has 0 radical (unpaired) electrons. The van der Waals surface area contributed by atoms with Crippen molar-refractivity contribution in [3.63, 3.8) is 0 Å². The molecule has 0 fully saturated rings. The zero-order chi connectivity index (χ0) is 11.5. The second-order valence-corrected chi connectivity index (χ2v) is 4.09. The Morgan fingerprint density at radius 3 is 2.94 bits per heavy atom. The molecule has 0 bridgehead atoms. The van der Waals surface area contributed by atoms with Crippen LogP contribution in [0.4, 0.5) is 0 Å². The Morgan fingerprint density at radius 1 is 1.56 bits per heavy atom. The first-order valence-corrected chi connectivity index (χ1v) is 5.43. The van der Waals surface area contributed by atoms with E-state index in [0.717, 1.165) is 30.0 Å². The Bertz CT molecular complexity index is 458. The fourth-order valence-electron chi connectivity index (χ4n) is 1.75. The van der Waals surface area contributed by atoms with Crippen molar-refractivity contribution in [1.29, 1.82) is 0 Å². The fourth-order valence-corrected chi connectivity index (χ4v) is 1.75. The number of aryl methyl sites for hydroxylation is 3. The zero-order valence-electron chi connectivity index (χ0n) is 9.68. The quantitative estimate of drug-likeness (QED) is 0.855. The Hall–Kier alpha value is -1.55. The number of nitrogens with two attached hydrogens (primary N) is 1. The third-order valence-electron chi connectivity index (χ3n) is 2.78. The van der Waals surface area contributed by atoms with E-state index in [-0.39, 0.29) is 6.04 Å². The molecule has 0 aliphatic heterocycles. The van der Waals surface area contributed by atoms with Crippen molar-refractivity contribution in [3.8, 4) is 0 Å². The Kier molecular flexibility index (Phi) is 3.10. The van der Waals surface area contributed by atoms with Crippen LogP contribution in [-0.2, 0) is 13.5 Å². The molecule has 2 heterocycles. The van der Waals surface area contributed by atoms with Gasteiger partial charge < -0.3 is 14.7 Å². The van der Waals surface area contributed by atoms with Crippen molar-refractivity contribution in [2.75, 3.05) is 0 Å². The van der Waals surface area contributed by atoms with Gasteiger partial charge in [0, 0.05) is 37.5 Å². The van der Waals surface area contributed by atoms with Gasteiger partial charge in [-0.05, 0) is 19.4 Å². The molecule has 1 unspecified atom stereocenters. The summed E-state index contributed by atoms with van der Waals surface area (Å²) in [4.78, 5) is 4.27. The predicted molar refractivity (Wildman–Crippen MR) is 61.9 cm³/mol. The number of hydrogen-bond donors (Lipinski definition) is 1. The van der Waals surface area contributed by atoms with E-state index in [2.05, 4.69) is 4.98 Å². The first-order valence-electron chi connectivity index (χ1n) is 5.43. The molecular weight excluding hydrogens is 202 g/mol. The van der Waals surface area contributed by atoms with Crippen LogP contribution >= 0.6 is 0 Å². The number of furan rings is 1. The van der Waals surface area contributed by atoms with Crippen molar-refractivity contribution in [1.82, 2.24) is 9.55 Å². The van der Waals surface area contributed by atoms with Crippen LogP contribution in [0.3, 0.4) is 0 Å². The van der Waals surface area contributed by atoms with Crippen LogP contribution in [0, 0.1) is 6.92 Å². The average Bonchev–Trinajstić information content (AvgIpc) is 2.84. The third-order valence-corrected chi connectivity index (χ3v) is 2.78. The maximum absolute atomic E-state index is 6.08. The summed E-state index contributed by atoms with van der Waals surface area (Å²) in [7, 11) is 2.00. The molecule has 2 rings (SSSR count). The highest BCUT2D eigenvalue weighted by Gasteiger charge is 2.10. The van der Waals surface area contributed by atoms with Gasteiger partial charge in [0.2, 0.25) is 0 Å². The van der Waals surface area contributed by atoms with Gasteiger partial charge in [0.1, 0.15) is 11.6 Å². The van der Waals surface area contributed by atoms with E-state index >= 15 is 0 Å². The second-order valence-electron chi connectivity index (χ2n) is 4.09. The second kappa shape index (κ2) is 4.53. The molecular formula is C12H17N3O. The SMILES string of the molecule is Cc1cc(C(N)CCc2nccn2C)co1. The first kappa shape index (κ1) is 11.0. The molecule has 0 aliphatic carbocycles. The molecule has 2 aromatic heterocycles. The molecule has 0 aliphatic rings. The minimum atomic E-state index is 0.0224. The summed E-state index contributed by atoms with van der Waals surface area (Å²) < 4.78 is 7.27. The summed E-state index contributed by atoms with van der Waals surface area (Å²) in [5, 5.41) is 0. The lowest BCUT2D eigenvalue weighted by molar-refractivity contribution is 0.525. The molecule has 1 atom stereocenters. The number of imidazole rings is 1. The fraction of sp³-hybridized carbons (Fsp3) is 0.417. The van der Waals surface area contributed by atoms with Gasteiger partial charge in [0.05, 0.1) is 6.26 Å². The lowest BCUT2D eigenvalue weighted by Crippen LogP contribution is -2.11. The van der Waals surface area contributed by atoms with E-state index in [0.29, 0.717) is 0 Å². The normalized spacial score (nSPS) is 12.9. The molecule has 0 spiro atoms. The highest BCUT2D eigenvalue weighted by Crippen LogP contribution is 2.18. The van der Waals surface area contributed by atoms with Crippen LogP contribution in [0.25, 0.3) is 0 Å². The van der Waals surface area contributed by atoms with Crippen LogP contribution in [-0.4, -0.2) is 9.55 Å². The number of aromatic nitrogens is 2. The third kappa shape index (κ3) is 2.33. The summed E-state index contributed by atoms with van der Waals surface area (Å²) >= 11 is 0. The van der Waals surface area contributed by atoms with Gasteiger partial charge >= 0.3 is 0 Å².